The van der Waals surface area contributed by atoms with Gasteiger partial charge in [0.15, 0.2) is 0 Å². The average molecular weight is 354 g/mol. The summed E-state index contributed by atoms with van der Waals surface area (Å²) >= 11 is 0. The fraction of sp³-hybridized carbons (Fsp3) is 0.0714. The molecule has 0 aromatic heterocycles. The smallest absolute Gasteiger partial charge is 0.335 e. The van der Waals surface area contributed by atoms with E-state index in [1.165, 1.54) is 13.0 Å². The van der Waals surface area contributed by atoms with Gasteiger partial charge >= 0.3 is 5.97 Å². The summed E-state index contributed by atoms with van der Waals surface area (Å²) in [6.45, 7) is 1.44. The van der Waals surface area contributed by atoms with Crippen LogP contribution < -0.4 is 4.72 Å². The molecule has 0 heterocycles. The van der Waals surface area contributed by atoms with Crippen molar-refractivity contribution in [3.05, 3.63) is 63.5 Å². The minimum atomic E-state index is -4.41. The average Bonchev–Trinajstić information content (AvgIpc) is 2.48. The minimum Gasteiger partial charge on any atom is -0.478 e. The van der Waals surface area contributed by atoms with Crippen LogP contribution in [-0.4, -0.2) is 24.4 Å². The molecule has 2 aromatic rings. The van der Waals surface area contributed by atoms with Gasteiger partial charge in [-0.1, -0.05) is 0 Å². The molecule has 0 aliphatic heterocycles. The molecule has 0 saturated carbocycles. The standard InChI is InChI=1S/C14H11FN2O6S/c1-8-6-10(17(20)21)3-5-12(8)16-24(22,23)13-7-9(14(18)19)2-4-11(13)15/h2-7,16H,1H3,(H,18,19). The maximum atomic E-state index is 13.8. The van der Waals surface area contributed by atoms with Crippen LogP contribution in [0, 0.1) is 22.9 Å². The highest BCUT2D eigenvalue weighted by Gasteiger charge is 2.22. The summed E-state index contributed by atoms with van der Waals surface area (Å²) in [4.78, 5) is 20.1. The zero-order valence-corrected chi connectivity index (χ0v) is 13.0. The number of nitro benzene ring substituents is 1. The molecule has 24 heavy (non-hydrogen) atoms. The van der Waals surface area contributed by atoms with Gasteiger partial charge < -0.3 is 5.11 Å². The van der Waals surface area contributed by atoms with E-state index in [1.54, 1.807) is 0 Å². The number of anilines is 1. The van der Waals surface area contributed by atoms with E-state index in [4.69, 9.17) is 5.11 Å². The van der Waals surface area contributed by atoms with E-state index in [-0.39, 0.29) is 16.9 Å². The first kappa shape index (κ1) is 17.3. The van der Waals surface area contributed by atoms with Crippen molar-refractivity contribution in [2.45, 2.75) is 11.8 Å². The number of nitrogens with one attached hydrogen (secondary N) is 1. The van der Waals surface area contributed by atoms with Crippen LogP contribution in [0.25, 0.3) is 0 Å². The lowest BCUT2D eigenvalue weighted by atomic mass is 10.2. The van der Waals surface area contributed by atoms with E-state index in [0.29, 0.717) is 6.07 Å². The van der Waals surface area contributed by atoms with Gasteiger partial charge in [0.25, 0.3) is 15.7 Å². The molecule has 8 nitrogen and oxygen atoms in total. The fourth-order valence-corrected chi connectivity index (χ4v) is 3.15. The number of sulfonamides is 1. The van der Waals surface area contributed by atoms with Crippen LogP contribution in [0.5, 0.6) is 0 Å². The van der Waals surface area contributed by atoms with Crippen molar-refractivity contribution in [1.82, 2.24) is 0 Å². The Balaban J connectivity index is 2.44. The van der Waals surface area contributed by atoms with Crippen LogP contribution in [0.1, 0.15) is 15.9 Å². The van der Waals surface area contributed by atoms with Gasteiger partial charge in [-0.25, -0.2) is 17.6 Å². The summed E-state index contributed by atoms with van der Waals surface area (Å²) in [7, 11) is -4.41. The van der Waals surface area contributed by atoms with Crippen LogP contribution in [0.3, 0.4) is 0 Å². The first-order valence-electron chi connectivity index (χ1n) is 6.42. The molecule has 0 amide bonds. The van der Waals surface area contributed by atoms with Gasteiger partial charge in [0, 0.05) is 12.1 Å². The lowest BCUT2D eigenvalue weighted by molar-refractivity contribution is -0.384. The number of carboxylic acid groups (broad SMARTS) is 1. The number of benzene rings is 2. The molecule has 0 atom stereocenters. The summed E-state index contributed by atoms with van der Waals surface area (Å²) in [6, 6.07) is 5.79. The second-order valence-electron chi connectivity index (χ2n) is 4.81. The Morgan fingerprint density at radius 1 is 1.25 bits per heavy atom. The van der Waals surface area contributed by atoms with Crippen molar-refractivity contribution in [2.24, 2.45) is 0 Å². The van der Waals surface area contributed by atoms with E-state index in [0.717, 1.165) is 24.3 Å². The molecule has 2 N–H and O–H groups in total. The summed E-state index contributed by atoms with van der Waals surface area (Å²) in [5, 5.41) is 19.6. The SMILES string of the molecule is Cc1cc([N+](=O)[O-])ccc1NS(=O)(=O)c1cc(C(=O)O)ccc1F. The van der Waals surface area contributed by atoms with Gasteiger partial charge in [-0.15, -0.1) is 0 Å². The lowest BCUT2D eigenvalue weighted by Gasteiger charge is -2.11. The van der Waals surface area contributed by atoms with Crippen LogP contribution in [0.4, 0.5) is 15.8 Å². The number of rotatable bonds is 5. The van der Waals surface area contributed by atoms with E-state index in [2.05, 4.69) is 4.72 Å². The Hall–Kier alpha value is -3.01. The van der Waals surface area contributed by atoms with Crippen molar-refractivity contribution in [3.8, 4) is 0 Å². The zero-order chi connectivity index (χ0) is 18.1. The van der Waals surface area contributed by atoms with Crippen LogP contribution in [0.2, 0.25) is 0 Å². The molecular weight excluding hydrogens is 343 g/mol. The topological polar surface area (TPSA) is 127 Å². The van der Waals surface area contributed by atoms with Crippen molar-refractivity contribution >= 4 is 27.4 Å². The predicted octanol–water partition coefficient (Wildman–Crippen LogP) is 2.54. The van der Waals surface area contributed by atoms with Gasteiger partial charge in [-0.3, -0.25) is 14.8 Å². The summed E-state index contributed by atoms with van der Waals surface area (Å²) in [6.07, 6.45) is 0. The monoisotopic (exact) mass is 354 g/mol. The molecule has 0 bridgehead atoms. The molecule has 0 aliphatic carbocycles. The van der Waals surface area contributed by atoms with E-state index >= 15 is 0 Å². The largest absolute Gasteiger partial charge is 0.478 e. The van der Waals surface area contributed by atoms with Crippen LogP contribution in [0.15, 0.2) is 41.3 Å². The Bertz CT molecular complexity index is 942. The molecule has 0 unspecified atom stereocenters. The fourth-order valence-electron chi connectivity index (χ4n) is 1.92. The molecule has 0 spiro atoms. The molecule has 2 aromatic carbocycles. The minimum absolute atomic E-state index is 0.0146. The van der Waals surface area contributed by atoms with Crippen molar-refractivity contribution in [2.75, 3.05) is 4.72 Å². The number of aryl methyl sites for hydroxylation is 1. The van der Waals surface area contributed by atoms with Gasteiger partial charge in [0.05, 0.1) is 16.2 Å². The highest BCUT2D eigenvalue weighted by molar-refractivity contribution is 7.92. The van der Waals surface area contributed by atoms with E-state index in [9.17, 15) is 27.7 Å². The molecule has 126 valence electrons. The zero-order valence-electron chi connectivity index (χ0n) is 12.2. The van der Waals surface area contributed by atoms with E-state index in [1.807, 2.05) is 0 Å². The maximum Gasteiger partial charge on any atom is 0.335 e. The Morgan fingerprint density at radius 2 is 1.92 bits per heavy atom. The number of nitrogens with zero attached hydrogens (tertiary/aromatic N) is 1. The molecule has 2 rings (SSSR count). The quantitative estimate of drug-likeness (QED) is 0.627. The molecular formula is C14H11FN2O6S. The third kappa shape index (κ3) is 3.49. The third-order valence-electron chi connectivity index (χ3n) is 3.13. The predicted molar refractivity (Wildman–Crippen MR) is 82.0 cm³/mol. The number of carboxylic acids is 1. The number of hydrogen-bond acceptors (Lipinski definition) is 5. The highest BCUT2D eigenvalue weighted by atomic mass is 32.2. The normalized spacial score (nSPS) is 11.1. The first-order valence-corrected chi connectivity index (χ1v) is 7.91. The van der Waals surface area contributed by atoms with Crippen molar-refractivity contribution in [1.29, 1.82) is 0 Å². The Morgan fingerprint density at radius 3 is 2.46 bits per heavy atom. The second-order valence-corrected chi connectivity index (χ2v) is 6.46. The third-order valence-corrected chi connectivity index (χ3v) is 4.51. The summed E-state index contributed by atoms with van der Waals surface area (Å²) in [5.41, 5.74) is -0.352. The number of nitro groups is 1. The lowest BCUT2D eigenvalue weighted by Crippen LogP contribution is -2.16. The number of halogens is 1. The van der Waals surface area contributed by atoms with Gasteiger partial charge in [0.1, 0.15) is 10.7 Å². The van der Waals surface area contributed by atoms with Gasteiger partial charge in [0.2, 0.25) is 0 Å². The first-order chi connectivity index (χ1) is 11.1. The van der Waals surface area contributed by atoms with Gasteiger partial charge in [-0.2, -0.15) is 0 Å². The number of aromatic carboxylic acids is 1. The molecule has 0 fully saturated rings. The Labute approximate surface area is 135 Å². The maximum absolute atomic E-state index is 13.8. The van der Waals surface area contributed by atoms with E-state index < -0.39 is 37.2 Å². The highest BCUT2D eigenvalue weighted by Crippen LogP contribution is 2.25. The molecule has 0 radical (unpaired) electrons. The molecule has 10 heteroatoms. The second kappa shape index (κ2) is 6.24. The summed E-state index contributed by atoms with van der Waals surface area (Å²) in [5.74, 6) is -2.52. The van der Waals surface area contributed by atoms with Crippen molar-refractivity contribution < 1.29 is 27.6 Å². The van der Waals surface area contributed by atoms with Crippen LogP contribution in [-0.2, 0) is 10.0 Å². The number of carbonyl (C=O) groups is 1. The van der Waals surface area contributed by atoms with Gasteiger partial charge in [-0.05, 0) is 36.8 Å². The van der Waals surface area contributed by atoms with Crippen LogP contribution >= 0.6 is 0 Å². The Kier molecular flexibility index (Phi) is 4.51. The molecule has 0 aliphatic rings. The van der Waals surface area contributed by atoms with Crippen molar-refractivity contribution in [3.63, 3.8) is 0 Å². The number of hydrogen-bond donors (Lipinski definition) is 2. The molecule has 0 saturated heterocycles. The number of non-ortho nitro benzene ring substituents is 1. The summed E-state index contributed by atoms with van der Waals surface area (Å²) < 4.78 is 40.5.